The molecule has 100 valence electrons. The van der Waals surface area contributed by atoms with E-state index in [1.165, 1.54) is 0 Å². The lowest BCUT2D eigenvalue weighted by Crippen LogP contribution is -2.46. The molecule has 0 amide bonds. The highest BCUT2D eigenvalue weighted by Crippen LogP contribution is 2.27. The highest BCUT2D eigenvalue weighted by molar-refractivity contribution is 7.13. The lowest BCUT2D eigenvalue weighted by atomic mass is 10.3. The minimum atomic E-state index is 0.363. The minimum Gasteiger partial charge on any atom is -0.365 e. The highest BCUT2D eigenvalue weighted by atomic mass is 35.5. The van der Waals surface area contributed by atoms with Gasteiger partial charge in [-0.1, -0.05) is 23.2 Å². The summed E-state index contributed by atoms with van der Waals surface area (Å²) in [5.74, 6) is 0. The van der Waals surface area contributed by atoms with E-state index in [2.05, 4.69) is 25.0 Å². The summed E-state index contributed by atoms with van der Waals surface area (Å²) in [6.07, 6.45) is 1.83. The van der Waals surface area contributed by atoms with Crippen molar-refractivity contribution >= 4 is 45.4 Å². The fourth-order valence-corrected chi connectivity index (χ4v) is 3.13. The van der Waals surface area contributed by atoms with Gasteiger partial charge in [-0.15, -0.1) is 21.5 Å². The lowest BCUT2D eigenvalue weighted by Gasteiger charge is -2.35. The molecule has 0 spiro atoms. The fraction of sp³-hybridized carbons (Fsp3) is 0.364. The van der Waals surface area contributed by atoms with Crippen LogP contribution in [-0.4, -0.2) is 41.4 Å². The van der Waals surface area contributed by atoms with Crippen LogP contribution in [0, 0.1) is 0 Å². The Balaban J connectivity index is 1.71. The number of halogens is 2. The van der Waals surface area contributed by atoms with E-state index in [0.717, 1.165) is 37.0 Å². The molecule has 0 atom stereocenters. The molecule has 0 aromatic carbocycles. The molecule has 1 aliphatic heterocycles. The third-order valence-electron chi connectivity index (χ3n) is 3.01. The largest absolute Gasteiger partial charge is 0.365 e. The number of hydrogen-bond acceptors (Lipinski definition) is 6. The van der Waals surface area contributed by atoms with Crippen LogP contribution in [0.5, 0.6) is 0 Å². The zero-order chi connectivity index (χ0) is 13.2. The van der Waals surface area contributed by atoms with Crippen molar-refractivity contribution in [2.45, 2.75) is 0 Å². The van der Waals surface area contributed by atoms with Crippen molar-refractivity contribution in [2.75, 3.05) is 36.0 Å². The maximum atomic E-state index is 6.07. The standard InChI is InChI=1S/C11H11Cl2N5S/c12-9-7-8(10(13)16-15-9)17-2-4-18(5-3-17)11-14-1-6-19-11/h1,6-7H,2-5H2. The summed E-state index contributed by atoms with van der Waals surface area (Å²) in [6, 6.07) is 1.76. The smallest absolute Gasteiger partial charge is 0.185 e. The zero-order valence-corrected chi connectivity index (χ0v) is 12.3. The molecule has 0 saturated carbocycles. The second-order valence-electron chi connectivity index (χ2n) is 4.13. The summed E-state index contributed by atoms with van der Waals surface area (Å²) < 4.78 is 0. The van der Waals surface area contributed by atoms with Crippen molar-refractivity contribution < 1.29 is 0 Å². The Bertz CT molecular complexity index is 554. The summed E-state index contributed by atoms with van der Waals surface area (Å²) in [5, 5.41) is 11.4. The Kier molecular flexibility index (Phi) is 3.72. The van der Waals surface area contributed by atoms with E-state index in [1.807, 2.05) is 11.6 Å². The predicted molar refractivity (Wildman–Crippen MR) is 78.6 cm³/mol. The molecule has 1 aliphatic rings. The first-order valence-corrected chi connectivity index (χ1v) is 7.46. The third kappa shape index (κ3) is 2.75. The van der Waals surface area contributed by atoms with Crippen LogP contribution >= 0.6 is 34.5 Å². The van der Waals surface area contributed by atoms with Gasteiger partial charge in [-0.2, -0.15) is 0 Å². The van der Waals surface area contributed by atoms with Gasteiger partial charge < -0.3 is 9.80 Å². The lowest BCUT2D eigenvalue weighted by molar-refractivity contribution is 0.650. The van der Waals surface area contributed by atoms with E-state index in [9.17, 15) is 0 Å². The summed E-state index contributed by atoms with van der Waals surface area (Å²) in [4.78, 5) is 8.77. The van der Waals surface area contributed by atoms with Crippen LogP contribution in [-0.2, 0) is 0 Å². The van der Waals surface area contributed by atoms with Crippen molar-refractivity contribution in [3.63, 3.8) is 0 Å². The summed E-state index contributed by atoms with van der Waals surface area (Å²) in [5.41, 5.74) is 0.848. The number of aromatic nitrogens is 3. The van der Waals surface area contributed by atoms with Gasteiger partial charge in [-0.25, -0.2) is 4.98 Å². The van der Waals surface area contributed by atoms with Gasteiger partial charge in [0.05, 0.1) is 5.69 Å². The Morgan fingerprint density at radius 1 is 1.05 bits per heavy atom. The van der Waals surface area contributed by atoms with Crippen molar-refractivity contribution in [1.82, 2.24) is 15.2 Å². The molecule has 0 radical (unpaired) electrons. The van der Waals surface area contributed by atoms with Gasteiger partial charge in [0.25, 0.3) is 0 Å². The van der Waals surface area contributed by atoms with E-state index >= 15 is 0 Å². The molecule has 0 unspecified atom stereocenters. The fourth-order valence-electron chi connectivity index (χ4n) is 2.08. The summed E-state index contributed by atoms with van der Waals surface area (Å²) in [6.45, 7) is 3.54. The molecular weight excluding hydrogens is 305 g/mol. The van der Waals surface area contributed by atoms with Gasteiger partial charge in [0, 0.05) is 43.8 Å². The molecule has 8 heteroatoms. The summed E-state index contributed by atoms with van der Waals surface area (Å²) in [7, 11) is 0. The first-order chi connectivity index (χ1) is 9.24. The van der Waals surface area contributed by atoms with Crippen LogP contribution in [0.2, 0.25) is 10.3 Å². The van der Waals surface area contributed by atoms with E-state index in [4.69, 9.17) is 23.2 Å². The van der Waals surface area contributed by atoms with Crippen LogP contribution < -0.4 is 9.80 Å². The molecule has 3 rings (SSSR count). The van der Waals surface area contributed by atoms with Gasteiger partial charge in [-0.3, -0.25) is 0 Å². The molecule has 0 N–H and O–H groups in total. The molecule has 1 saturated heterocycles. The number of rotatable bonds is 2. The van der Waals surface area contributed by atoms with Crippen LogP contribution in [0.25, 0.3) is 0 Å². The third-order valence-corrected chi connectivity index (χ3v) is 4.30. The number of anilines is 2. The van der Waals surface area contributed by atoms with Gasteiger partial charge in [-0.05, 0) is 0 Å². The Labute approximate surface area is 124 Å². The number of nitrogens with zero attached hydrogens (tertiary/aromatic N) is 5. The molecule has 1 fully saturated rings. The van der Waals surface area contributed by atoms with Gasteiger partial charge >= 0.3 is 0 Å². The van der Waals surface area contributed by atoms with Crippen LogP contribution in [0.15, 0.2) is 17.6 Å². The molecule has 2 aromatic heterocycles. The zero-order valence-electron chi connectivity index (χ0n) is 9.96. The first kappa shape index (κ1) is 12.9. The number of hydrogen-bond donors (Lipinski definition) is 0. The van der Waals surface area contributed by atoms with Crippen molar-refractivity contribution in [3.05, 3.63) is 27.9 Å². The normalized spacial score (nSPS) is 15.9. The van der Waals surface area contributed by atoms with E-state index in [0.29, 0.717) is 10.3 Å². The van der Waals surface area contributed by atoms with Crippen LogP contribution in [0.1, 0.15) is 0 Å². The number of thiazole rings is 1. The van der Waals surface area contributed by atoms with Crippen LogP contribution in [0.4, 0.5) is 10.8 Å². The quantitative estimate of drug-likeness (QED) is 0.852. The maximum Gasteiger partial charge on any atom is 0.185 e. The summed E-state index contributed by atoms with van der Waals surface area (Å²) >= 11 is 13.6. The molecular formula is C11H11Cl2N5S. The molecule has 3 heterocycles. The van der Waals surface area contributed by atoms with E-state index in [-0.39, 0.29) is 0 Å². The Hall–Kier alpha value is -1.11. The van der Waals surface area contributed by atoms with Crippen LogP contribution in [0.3, 0.4) is 0 Å². The SMILES string of the molecule is Clc1cc(N2CCN(c3nccs3)CC2)c(Cl)nn1. The second-order valence-corrected chi connectivity index (χ2v) is 5.75. The average Bonchev–Trinajstić information content (AvgIpc) is 2.96. The minimum absolute atomic E-state index is 0.363. The molecule has 0 bridgehead atoms. The second kappa shape index (κ2) is 5.48. The maximum absolute atomic E-state index is 6.07. The first-order valence-electron chi connectivity index (χ1n) is 5.82. The predicted octanol–water partition coefficient (Wildman–Crippen LogP) is 2.57. The van der Waals surface area contributed by atoms with Crippen molar-refractivity contribution in [1.29, 1.82) is 0 Å². The molecule has 5 nitrogen and oxygen atoms in total. The topological polar surface area (TPSA) is 45.2 Å². The van der Waals surface area contributed by atoms with Gasteiger partial charge in [0.15, 0.2) is 15.4 Å². The Morgan fingerprint density at radius 2 is 1.79 bits per heavy atom. The molecule has 2 aromatic rings. The Morgan fingerprint density at radius 3 is 2.47 bits per heavy atom. The monoisotopic (exact) mass is 315 g/mol. The van der Waals surface area contributed by atoms with Gasteiger partial charge in [0.2, 0.25) is 0 Å². The molecule has 0 aliphatic carbocycles. The number of piperazine rings is 1. The van der Waals surface area contributed by atoms with Gasteiger partial charge in [0.1, 0.15) is 0 Å². The van der Waals surface area contributed by atoms with Crippen molar-refractivity contribution in [2.24, 2.45) is 0 Å². The molecule has 19 heavy (non-hydrogen) atoms. The van der Waals surface area contributed by atoms with E-state index < -0.39 is 0 Å². The van der Waals surface area contributed by atoms with Crippen molar-refractivity contribution in [3.8, 4) is 0 Å². The average molecular weight is 316 g/mol. The highest BCUT2D eigenvalue weighted by Gasteiger charge is 2.21. The van der Waals surface area contributed by atoms with E-state index in [1.54, 1.807) is 17.4 Å².